The predicted octanol–water partition coefficient (Wildman–Crippen LogP) is 2.17. The van der Waals surface area contributed by atoms with Gasteiger partial charge < -0.3 is 4.74 Å². The summed E-state index contributed by atoms with van der Waals surface area (Å²) in [5.41, 5.74) is 0. The van der Waals surface area contributed by atoms with Crippen molar-refractivity contribution in [2.24, 2.45) is 0 Å². The van der Waals surface area contributed by atoms with E-state index in [0.29, 0.717) is 12.8 Å². The standard InChI is InChI=1S/C7H12Cl2O2/c1-5(8)6(9)3-4-7(10)11-2/h5-6H,3-4H2,1-2H3/t5-,6+/m1/s1. The van der Waals surface area contributed by atoms with Gasteiger partial charge in [0, 0.05) is 11.8 Å². The number of methoxy groups -OCH3 is 1. The Hall–Kier alpha value is 0.0500. The Labute approximate surface area is 76.8 Å². The third-order valence-corrected chi connectivity index (χ3v) is 2.38. The van der Waals surface area contributed by atoms with Crippen molar-refractivity contribution in [1.82, 2.24) is 0 Å². The largest absolute Gasteiger partial charge is 0.469 e. The van der Waals surface area contributed by atoms with E-state index in [1.54, 1.807) is 6.92 Å². The summed E-state index contributed by atoms with van der Waals surface area (Å²) in [6.45, 7) is 1.80. The van der Waals surface area contributed by atoms with Gasteiger partial charge in [0.25, 0.3) is 0 Å². The summed E-state index contributed by atoms with van der Waals surface area (Å²) in [4.78, 5) is 10.6. The molecule has 0 rings (SSSR count). The first-order valence-electron chi connectivity index (χ1n) is 3.43. The third-order valence-electron chi connectivity index (χ3n) is 1.35. The van der Waals surface area contributed by atoms with Crippen molar-refractivity contribution in [1.29, 1.82) is 0 Å². The smallest absolute Gasteiger partial charge is 0.305 e. The molecule has 11 heavy (non-hydrogen) atoms. The molecule has 0 fully saturated rings. The lowest BCUT2D eigenvalue weighted by Gasteiger charge is -2.09. The zero-order chi connectivity index (χ0) is 8.85. The molecule has 0 amide bonds. The summed E-state index contributed by atoms with van der Waals surface area (Å²) in [6, 6.07) is 0. The Balaban J connectivity index is 3.45. The minimum absolute atomic E-state index is 0.110. The first-order chi connectivity index (χ1) is 5.07. The highest BCUT2D eigenvalue weighted by molar-refractivity contribution is 6.29. The van der Waals surface area contributed by atoms with E-state index in [4.69, 9.17) is 23.2 Å². The van der Waals surface area contributed by atoms with Crippen LogP contribution < -0.4 is 0 Å². The van der Waals surface area contributed by atoms with E-state index >= 15 is 0 Å². The monoisotopic (exact) mass is 198 g/mol. The molecular weight excluding hydrogens is 187 g/mol. The van der Waals surface area contributed by atoms with Gasteiger partial charge in [-0.05, 0) is 13.3 Å². The molecular formula is C7H12Cl2O2. The van der Waals surface area contributed by atoms with E-state index in [2.05, 4.69) is 4.74 Å². The summed E-state index contributed by atoms with van der Waals surface area (Å²) in [6.07, 6.45) is 0.903. The number of halogens is 2. The second-order valence-electron chi connectivity index (χ2n) is 2.31. The van der Waals surface area contributed by atoms with E-state index in [0.717, 1.165) is 0 Å². The van der Waals surface area contributed by atoms with E-state index in [9.17, 15) is 4.79 Å². The van der Waals surface area contributed by atoms with Gasteiger partial charge in [0.05, 0.1) is 12.5 Å². The summed E-state index contributed by atoms with van der Waals surface area (Å²) in [5.74, 6) is -0.243. The predicted molar refractivity (Wildman–Crippen MR) is 46.2 cm³/mol. The van der Waals surface area contributed by atoms with Crippen LogP contribution in [0.2, 0.25) is 0 Å². The Morgan fingerprint density at radius 2 is 2.09 bits per heavy atom. The van der Waals surface area contributed by atoms with Crippen LogP contribution in [0.1, 0.15) is 19.8 Å². The highest BCUT2D eigenvalue weighted by Crippen LogP contribution is 2.14. The van der Waals surface area contributed by atoms with Gasteiger partial charge >= 0.3 is 5.97 Å². The fourth-order valence-electron chi connectivity index (χ4n) is 0.587. The van der Waals surface area contributed by atoms with Gasteiger partial charge in [0.15, 0.2) is 0 Å². The fraction of sp³-hybridized carbons (Fsp3) is 0.857. The first-order valence-corrected chi connectivity index (χ1v) is 4.30. The van der Waals surface area contributed by atoms with Gasteiger partial charge in [0.1, 0.15) is 0 Å². The van der Waals surface area contributed by atoms with Crippen LogP contribution in [0.15, 0.2) is 0 Å². The number of ether oxygens (including phenoxy) is 1. The highest BCUT2D eigenvalue weighted by Gasteiger charge is 2.13. The molecule has 66 valence electrons. The molecule has 0 aromatic rings. The van der Waals surface area contributed by atoms with Crippen LogP contribution in [0.5, 0.6) is 0 Å². The van der Waals surface area contributed by atoms with Crippen molar-refractivity contribution in [2.45, 2.75) is 30.5 Å². The second-order valence-corrected chi connectivity index (χ2v) is 3.56. The molecule has 0 unspecified atom stereocenters. The number of hydrogen-bond acceptors (Lipinski definition) is 2. The van der Waals surface area contributed by atoms with Crippen molar-refractivity contribution in [2.75, 3.05) is 7.11 Å². The summed E-state index contributed by atoms with van der Waals surface area (Å²) < 4.78 is 4.44. The van der Waals surface area contributed by atoms with Crippen LogP contribution in [0, 0.1) is 0 Å². The van der Waals surface area contributed by atoms with Crippen LogP contribution in [-0.4, -0.2) is 23.8 Å². The van der Waals surface area contributed by atoms with E-state index in [1.807, 2.05) is 0 Å². The molecule has 0 aliphatic rings. The van der Waals surface area contributed by atoms with Crippen molar-refractivity contribution in [3.05, 3.63) is 0 Å². The number of hydrogen-bond donors (Lipinski definition) is 0. The van der Waals surface area contributed by atoms with Crippen molar-refractivity contribution < 1.29 is 9.53 Å². The maximum atomic E-state index is 10.6. The number of alkyl halides is 2. The molecule has 0 aromatic heterocycles. The van der Waals surface area contributed by atoms with Gasteiger partial charge in [-0.2, -0.15) is 0 Å². The fourth-order valence-corrected chi connectivity index (χ4v) is 0.823. The van der Waals surface area contributed by atoms with Gasteiger partial charge in [-0.3, -0.25) is 4.79 Å². The Bertz CT molecular complexity index is 126. The SMILES string of the molecule is COC(=O)CC[C@H](Cl)[C@@H](C)Cl. The molecule has 0 aliphatic carbocycles. The second kappa shape index (κ2) is 5.67. The zero-order valence-corrected chi connectivity index (χ0v) is 8.15. The van der Waals surface area contributed by atoms with Crippen LogP contribution in [-0.2, 0) is 9.53 Å². The number of rotatable bonds is 4. The van der Waals surface area contributed by atoms with Crippen LogP contribution >= 0.6 is 23.2 Å². The Morgan fingerprint density at radius 1 is 1.55 bits per heavy atom. The molecule has 0 aromatic carbocycles. The molecule has 0 spiro atoms. The molecule has 0 aliphatic heterocycles. The molecule has 0 bridgehead atoms. The van der Waals surface area contributed by atoms with Gasteiger partial charge in [-0.1, -0.05) is 0 Å². The molecule has 4 heteroatoms. The summed E-state index contributed by atoms with van der Waals surface area (Å²) in [5, 5.41) is -0.267. The van der Waals surface area contributed by atoms with E-state index in [-0.39, 0.29) is 16.7 Å². The number of carbonyl (C=O) groups is 1. The molecule has 2 atom stereocenters. The van der Waals surface area contributed by atoms with Crippen molar-refractivity contribution in [3.63, 3.8) is 0 Å². The Morgan fingerprint density at radius 3 is 2.45 bits per heavy atom. The third kappa shape index (κ3) is 5.33. The van der Waals surface area contributed by atoms with Gasteiger partial charge in [0.2, 0.25) is 0 Å². The lowest BCUT2D eigenvalue weighted by molar-refractivity contribution is -0.140. The minimum Gasteiger partial charge on any atom is -0.469 e. The highest BCUT2D eigenvalue weighted by atomic mass is 35.5. The maximum Gasteiger partial charge on any atom is 0.305 e. The normalized spacial score (nSPS) is 15.6. The Kier molecular flexibility index (Phi) is 5.69. The first kappa shape index (κ1) is 11.1. The molecule has 0 saturated heterocycles. The quantitative estimate of drug-likeness (QED) is 0.512. The summed E-state index contributed by atoms with van der Waals surface area (Å²) >= 11 is 11.4. The summed E-state index contributed by atoms with van der Waals surface area (Å²) in [7, 11) is 1.36. The molecule has 0 saturated carbocycles. The molecule has 0 radical (unpaired) electrons. The molecule has 0 N–H and O–H groups in total. The van der Waals surface area contributed by atoms with Crippen molar-refractivity contribution >= 4 is 29.2 Å². The zero-order valence-electron chi connectivity index (χ0n) is 6.64. The lowest BCUT2D eigenvalue weighted by Crippen LogP contribution is -2.13. The average molecular weight is 199 g/mol. The maximum absolute atomic E-state index is 10.6. The van der Waals surface area contributed by atoms with Crippen LogP contribution in [0.3, 0.4) is 0 Å². The number of carbonyl (C=O) groups excluding carboxylic acids is 1. The van der Waals surface area contributed by atoms with Gasteiger partial charge in [-0.15, -0.1) is 23.2 Å². The average Bonchev–Trinajstić information content (AvgIpc) is 1.99. The molecule has 2 nitrogen and oxygen atoms in total. The van der Waals surface area contributed by atoms with Crippen LogP contribution in [0.4, 0.5) is 0 Å². The van der Waals surface area contributed by atoms with E-state index in [1.165, 1.54) is 7.11 Å². The number of esters is 1. The van der Waals surface area contributed by atoms with Crippen LogP contribution in [0.25, 0.3) is 0 Å². The topological polar surface area (TPSA) is 26.3 Å². The molecule has 0 heterocycles. The van der Waals surface area contributed by atoms with Crippen molar-refractivity contribution in [3.8, 4) is 0 Å². The minimum atomic E-state index is -0.243. The van der Waals surface area contributed by atoms with Gasteiger partial charge in [-0.25, -0.2) is 0 Å². The lowest BCUT2D eigenvalue weighted by atomic mass is 10.2. The van der Waals surface area contributed by atoms with E-state index < -0.39 is 0 Å².